The minimum Gasteiger partial charge on any atom is -0.484 e. The number of amides is 2. The minimum absolute atomic E-state index is 0.0110. The van der Waals surface area contributed by atoms with E-state index in [-0.39, 0.29) is 24.4 Å². The molecular weight excluding hydrogens is 311 g/mol. The van der Waals surface area contributed by atoms with Crippen LogP contribution in [-0.2, 0) is 4.79 Å². The second-order valence-electron chi connectivity index (χ2n) is 5.46. The highest BCUT2D eigenvalue weighted by atomic mass is 19.1. The normalized spacial score (nSPS) is 10.3. The second kappa shape index (κ2) is 8.10. The van der Waals surface area contributed by atoms with Crippen molar-refractivity contribution in [3.05, 3.63) is 59.9 Å². The molecule has 2 aromatic rings. The SMILES string of the molecule is CC(C)NC(=O)c1ccccc1NC(=O)COc1ccc(F)cc1. The zero-order chi connectivity index (χ0) is 17.5. The Hall–Kier alpha value is -2.89. The molecule has 0 aliphatic carbocycles. The van der Waals surface area contributed by atoms with E-state index in [2.05, 4.69) is 10.6 Å². The van der Waals surface area contributed by atoms with E-state index in [1.54, 1.807) is 24.3 Å². The summed E-state index contributed by atoms with van der Waals surface area (Å²) in [5.41, 5.74) is 0.782. The van der Waals surface area contributed by atoms with Gasteiger partial charge in [0.2, 0.25) is 0 Å². The average molecular weight is 330 g/mol. The Bertz CT molecular complexity index is 714. The van der Waals surface area contributed by atoms with Crippen LogP contribution in [0.4, 0.5) is 10.1 Å². The van der Waals surface area contributed by atoms with Crippen molar-refractivity contribution in [3.63, 3.8) is 0 Å². The molecule has 126 valence electrons. The predicted molar refractivity (Wildman–Crippen MR) is 89.6 cm³/mol. The molecule has 24 heavy (non-hydrogen) atoms. The molecule has 0 heterocycles. The molecule has 0 bridgehead atoms. The van der Waals surface area contributed by atoms with Crippen molar-refractivity contribution in [1.29, 1.82) is 0 Å². The summed E-state index contributed by atoms with van der Waals surface area (Å²) in [4.78, 5) is 24.1. The molecule has 2 aromatic carbocycles. The van der Waals surface area contributed by atoms with Crippen LogP contribution in [0.2, 0.25) is 0 Å². The molecule has 0 atom stereocenters. The number of carbonyl (C=O) groups is 2. The number of nitrogens with one attached hydrogen (secondary N) is 2. The molecule has 0 fully saturated rings. The summed E-state index contributed by atoms with van der Waals surface area (Å²) in [6, 6.07) is 12.1. The van der Waals surface area contributed by atoms with Crippen LogP contribution in [0.25, 0.3) is 0 Å². The van der Waals surface area contributed by atoms with Crippen molar-refractivity contribution in [2.75, 3.05) is 11.9 Å². The monoisotopic (exact) mass is 330 g/mol. The summed E-state index contributed by atoms with van der Waals surface area (Å²) in [5, 5.41) is 5.43. The van der Waals surface area contributed by atoms with Crippen molar-refractivity contribution < 1.29 is 18.7 Å². The Morgan fingerprint density at radius 3 is 2.42 bits per heavy atom. The number of carbonyl (C=O) groups excluding carboxylic acids is 2. The third-order valence-electron chi connectivity index (χ3n) is 3.05. The minimum atomic E-state index is -0.413. The summed E-state index contributed by atoms with van der Waals surface area (Å²) in [6.07, 6.45) is 0. The van der Waals surface area contributed by atoms with E-state index in [4.69, 9.17) is 4.74 Å². The summed E-state index contributed by atoms with van der Waals surface area (Å²) < 4.78 is 18.1. The third-order valence-corrected chi connectivity index (χ3v) is 3.05. The van der Waals surface area contributed by atoms with E-state index in [0.717, 1.165) is 0 Å². The quantitative estimate of drug-likeness (QED) is 0.856. The van der Waals surface area contributed by atoms with E-state index >= 15 is 0 Å². The highest BCUT2D eigenvalue weighted by Gasteiger charge is 2.14. The van der Waals surface area contributed by atoms with Crippen LogP contribution in [0.5, 0.6) is 5.75 Å². The Labute approximate surface area is 139 Å². The van der Waals surface area contributed by atoms with Crippen LogP contribution < -0.4 is 15.4 Å². The topological polar surface area (TPSA) is 67.4 Å². The smallest absolute Gasteiger partial charge is 0.262 e. The molecular formula is C18H19FN2O3. The van der Waals surface area contributed by atoms with Crippen LogP contribution in [0.1, 0.15) is 24.2 Å². The number of hydrogen-bond donors (Lipinski definition) is 2. The van der Waals surface area contributed by atoms with Gasteiger partial charge in [0.25, 0.3) is 11.8 Å². The standard InChI is InChI=1S/C18H19FN2O3/c1-12(2)20-18(23)15-5-3-4-6-16(15)21-17(22)11-24-14-9-7-13(19)8-10-14/h3-10,12H,11H2,1-2H3,(H,20,23)(H,21,22). The number of hydrogen-bond acceptors (Lipinski definition) is 3. The second-order valence-corrected chi connectivity index (χ2v) is 5.46. The molecule has 0 unspecified atom stereocenters. The maximum absolute atomic E-state index is 12.8. The van der Waals surface area contributed by atoms with Gasteiger partial charge in [0, 0.05) is 6.04 Å². The lowest BCUT2D eigenvalue weighted by atomic mass is 10.1. The van der Waals surface area contributed by atoms with E-state index in [9.17, 15) is 14.0 Å². The summed E-state index contributed by atoms with van der Waals surface area (Å²) in [6.45, 7) is 3.47. The van der Waals surface area contributed by atoms with Gasteiger partial charge in [-0.3, -0.25) is 9.59 Å². The van der Waals surface area contributed by atoms with E-state index < -0.39 is 5.91 Å². The Morgan fingerprint density at radius 2 is 1.75 bits per heavy atom. The summed E-state index contributed by atoms with van der Waals surface area (Å²) in [7, 11) is 0. The lowest BCUT2D eigenvalue weighted by Gasteiger charge is -2.13. The van der Waals surface area contributed by atoms with Crippen LogP contribution in [0.15, 0.2) is 48.5 Å². The highest BCUT2D eigenvalue weighted by Crippen LogP contribution is 2.16. The van der Waals surface area contributed by atoms with Gasteiger partial charge in [0.05, 0.1) is 11.3 Å². The first-order valence-electron chi connectivity index (χ1n) is 7.54. The van der Waals surface area contributed by atoms with Gasteiger partial charge in [-0.2, -0.15) is 0 Å². The molecule has 2 rings (SSSR count). The van der Waals surface area contributed by atoms with Crippen molar-refractivity contribution in [1.82, 2.24) is 5.32 Å². The Morgan fingerprint density at radius 1 is 1.08 bits per heavy atom. The van der Waals surface area contributed by atoms with Gasteiger partial charge in [-0.25, -0.2) is 4.39 Å². The fourth-order valence-corrected chi connectivity index (χ4v) is 2.00. The number of anilines is 1. The van der Waals surface area contributed by atoms with Crippen molar-refractivity contribution in [2.24, 2.45) is 0 Å². The fourth-order valence-electron chi connectivity index (χ4n) is 2.00. The molecule has 0 saturated heterocycles. The largest absolute Gasteiger partial charge is 0.484 e. The van der Waals surface area contributed by atoms with Crippen LogP contribution >= 0.6 is 0 Å². The van der Waals surface area contributed by atoms with Crippen LogP contribution in [0.3, 0.4) is 0 Å². The molecule has 0 saturated carbocycles. The first-order chi connectivity index (χ1) is 11.5. The first-order valence-corrected chi connectivity index (χ1v) is 7.54. The van der Waals surface area contributed by atoms with Gasteiger partial charge in [0.1, 0.15) is 11.6 Å². The van der Waals surface area contributed by atoms with Gasteiger partial charge in [0.15, 0.2) is 6.61 Å². The predicted octanol–water partition coefficient (Wildman–Crippen LogP) is 2.98. The zero-order valence-electron chi connectivity index (χ0n) is 13.5. The first kappa shape index (κ1) is 17.5. The molecule has 2 amide bonds. The van der Waals surface area contributed by atoms with Gasteiger partial charge in [-0.1, -0.05) is 12.1 Å². The maximum atomic E-state index is 12.8. The molecule has 5 nitrogen and oxygen atoms in total. The van der Waals surface area contributed by atoms with Crippen molar-refractivity contribution in [2.45, 2.75) is 19.9 Å². The lowest BCUT2D eigenvalue weighted by Crippen LogP contribution is -2.31. The van der Waals surface area contributed by atoms with Gasteiger partial charge < -0.3 is 15.4 Å². The molecule has 6 heteroatoms. The molecule has 2 N–H and O–H groups in total. The van der Waals surface area contributed by atoms with Gasteiger partial charge in [-0.15, -0.1) is 0 Å². The number of halogens is 1. The Balaban J connectivity index is 1.98. The van der Waals surface area contributed by atoms with E-state index in [1.807, 2.05) is 13.8 Å². The average Bonchev–Trinajstić information content (AvgIpc) is 2.54. The summed E-state index contributed by atoms with van der Waals surface area (Å²) in [5.74, 6) is -0.668. The lowest BCUT2D eigenvalue weighted by molar-refractivity contribution is -0.118. The van der Waals surface area contributed by atoms with Gasteiger partial charge >= 0.3 is 0 Å². The fraction of sp³-hybridized carbons (Fsp3) is 0.222. The number of benzene rings is 2. The molecule has 0 aliphatic rings. The molecule has 0 aromatic heterocycles. The van der Waals surface area contributed by atoms with E-state index in [0.29, 0.717) is 17.0 Å². The Kier molecular flexibility index (Phi) is 5.89. The molecule has 0 radical (unpaired) electrons. The number of rotatable bonds is 6. The van der Waals surface area contributed by atoms with Crippen molar-refractivity contribution >= 4 is 17.5 Å². The van der Waals surface area contributed by atoms with Gasteiger partial charge in [-0.05, 0) is 50.2 Å². The third kappa shape index (κ3) is 5.08. The number of para-hydroxylation sites is 1. The molecule has 0 aliphatic heterocycles. The van der Waals surface area contributed by atoms with E-state index in [1.165, 1.54) is 24.3 Å². The van der Waals surface area contributed by atoms with Crippen LogP contribution in [0, 0.1) is 5.82 Å². The maximum Gasteiger partial charge on any atom is 0.262 e. The molecule has 0 spiro atoms. The zero-order valence-corrected chi connectivity index (χ0v) is 13.5. The number of ether oxygens (including phenoxy) is 1. The highest BCUT2D eigenvalue weighted by molar-refractivity contribution is 6.04. The van der Waals surface area contributed by atoms with Crippen LogP contribution in [-0.4, -0.2) is 24.5 Å². The summed E-state index contributed by atoms with van der Waals surface area (Å²) >= 11 is 0. The van der Waals surface area contributed by atoms with Crippen molar-refractivity contribution in [3.8, 4) is 5.75 Å².